The highest BCUT2D eigenvalue weighted by atomic mass is 32.2. The number of sulfonamides is 1. The van der Waals surface area contributed by atoms with E-state index >= 15 is 0 Å². The first-order valence-corrected chi connectivity index (χ1v) is 13.6. The number of hydrogen-bond acceptors (Lipinski definition) is 4. The molecule has 0 aromatic heterocycles. The molecule has 0 unspecified atom stereocenters. The largest absolute Gasteiger partial charge is 0.354 e. The summed E-state index contributed by atoms with van der Waals surface area (Å²) in [5.74, 6) is -1.91. The van der Waals surface area contributed by atoms with Gasteiger partial charge < -0.3 is 10.2 Å². The Hall–Kier alpha value is -3.79. The third kappa shape index (κ3) is 7.38. The lowest BCUT2D eigenvalue weighted by Gasteiger charge is -2.32. The Morgan fingerprint density at radius 3 is 1.95 bits per heavy atom. The third-order valence-electron chi connectivity index (χ3n) is 5.84. The van der Waals surface area contributed by atoms with Crippen LogP contribution in [0, 0.1) is 17.6 Å². The van der Waals surface area contributed by atoms with E-state index in [4.69, 9.17) is 0 Å². The average Bonchev–Trinajstić information content (AvgIpc) is 2.90. The van der Waals surface area contributed by atoms with E-state index in [1.165, 1.54) is 41.3 Å². The molecule has 1 N–H and O–H groups in total. The first-order valence-electron chi connectivity index (χ1n) is 12.1. The molecule has 38 heavy (non-hydrogen) atoms. The number of para-hydroxylation sites is 1. The number of halogens is 2. The van der Waals surface area contributed by atoms with Gasteiger partial charge in [0.1, 0.15) is 24.2 Å². The summed E-state index contributed by atoms with van der Waals surface area (Å²) in [5.41, 5.74) is 0.791. The molecule has 0 bridgehead atoms. The van der Waals surface area contributed by atoms with Crippen molar-refractivity contribution in [3.8, 4) is 0 Å². The summed E-state index contributed by atoms with van der Waals surface area (Å²) in [6, 6.07) is 16.9. The highest BCUT2D eigenvalue weighted by molar-refractivity contribution is 7.92. The van der Waals surface area contributed by atoms with E-state index in [1.807, 2.05) is 13.8 Å². The van der Waals surface area contributed by atoms with Crippen LogP contribution < -0.4 is 9.62 Å². The molecule has 202 valence electrons. The molecule has 2 amide bonds. The van der Waals surface area contributed by atoms with E-state index in [9.17, 15) is 26.8 Å². The molecule has 0 aliphatic carbocycles. The van der Waals surface area contributed by atoms with Crippen molar-refractivity contribution in [1.29, 1.82) is 0 Å². The molecule has 0 heterocycles. The minimum Gasteiger partial charge on any atom is -0.354 e. The number of nitrogens with one attached hydrogen (secondary N) is 1. The minimum absolute atomic E-state index is 0.0470. The highest BCUT2D eigenvalue weighted by Crippen LogP contribution is 2.24. The Bertz CT molecular complexity index is 1330. The van der Waals surface area contributed by atoms with E-state index in [2.05, 4.69) is 5.32 Å². The van der Waals surface area contributed by atoms with Crippen LogP contribution in [0.2, 0.25) is 0 Å². The second kappa shape index (κ2) is 12.6. The van der Waals surface area contributed by atoms with Crippen LogP contribution in [0.4, 0.5) is 14.5 Å². The molecular formula is C28H31F2N3O4S. The Morgan fingerprint density at radius 2 is 1.39 bits per heavy atom. The fourth-order valence-corrected chi connectivity index (χ4v) is 5.09. The topological polar surface area (TPSA) is 86.8 Å². The zero-order valence-corrected chi connectivity index (χ0v) is 22.3. The maximum absolute atomic E-state index is 13.7. The summed E-state index contributed by atoms with van der Waals surface area (Å²) < 4.78 is 55.1. The summed E-state index contributed by atoms with van der Waals surface area (Å²) in [4.78, 5) is 27.7. The maximum atomic E-state index is 13.7. The Kier molecular flexibility index (Phi) is 9.57. The third-order valence-corrected chi connectivity index (χ3v) is 7.63. The maximum Gasteiger partial charge on any atom is 0.264 e. The molecule has 0 spiro atoms. The lowest BCUT2D eigenvalue weighted by atomic mass is 10.1. The summed E-state index contributed by atoms with van der Waals surface area (Å²) in [6.07, 6.45) is 0. The summed E-state index contributed by atoms with van der Waals surface area (Å²) in [7, 11) is -4.28. The predicted octanol–water partition coefficient (Wildman–Crippen LogP) is 4.35. The summed E-state index contributed by atoms with van der Waals surface area (Å²) in [5, 5.41) is 2.80. The molecule has 10 heteroatoms. The van der Waals surface area contributed by atoms with Gasteiger partial charge in [-0.2, -0.15) is 0 Å². The predicted molar refractivity (Wildman–Crippen MR) is 142 cm³/mol. The van der Waals surface area contributed by atoms with Crippen molar-refractivity contribution in [2.75, 3.05) is 17.4 Å². The molecule has 7 nitrogen and oxygen atoms in total. The van der Waals surface area contributed by atoms with Crippen LogP contribution >= 0.6 is 0 Å². The molecular weight excluding hydrogens is 512 g/mol. The number of carbonyl (C=O) groups is 2. The van der Waals surface area contributed by atoms with Crippen molar-refractivity contribution in [2.24, 2.45) is 5.92 Å². The fourth-order valence-electron chi connectivity index (χ4n) is 3.68. The Morgan fingerprint density at radius 1 is 0.842 bits per heavy atom. The van der Waals surface area contributed by atoms with Gasteiger partial charge in [0.05, 0.1) is 10.6 Å². The van der Waals surface area contributed by atoms with Gasteiger partial charge in [0, 0.05) is 13.1 Å². The van der Waals surface area contributed by atoms with Gasteiger partial charge in [-0.1, -0.05) is 44.2 Å². The molecule has 3 aromatic rings. The first kappa shape index (κ1) is 28.8. The van der Waals surface area contributed by atoms with Gasteiger partial charge in [0.2, 0.25) is 11.8 Å². The second-order valence-electron chi connectivity index (χ2n) is 9.26. The van der Waals surface area contributed by atoms with Crippen LogP contribution in [0.15, 0.2) is 83.8 Å². The number of benzene rings is 3. The van der Waals surface area contributed by atoms with Crippen molar-refractivity contribution in [1.82, 2.24) is 10.2 Å². The molecule has 0 aliphatic heterocycles. The van der Waals surface area contributed by atoms with E-state index in [-0.39, 0.29) is 23.0 Å². The van der Waals surface area contributed by atoms with Gasteiger partial charge in [0.15, 0.2) is 0 Å². The minimum atomic E-state index is -4.28. The lowest BCUT2D eigenvalue weighted by Crippen LogP contribution is -2.51. The van der Waals surface area contributed by atoms with Crippen molar-refractivity contribution in [3.05, 3.63) is 96.1 Å². The molecule has 0 saturated heterocycles. The van der Waals surface area contributed by atoms with Crippen molar-refractivity contribution < 1.29 is 26.8 Å². The molecule has 0 saturated carbocycles. The number of anilines is 1. The fraction of sp³-hybridized carbons (Fsp3) is 0.286. The van der Waals surface area contributed by atoms with Gasteiger partial charge >= 0.3 is 0 Å². The Labute approximate surface area is 222 Å². The number of rotatable bonds is 11. The second-order valence-corrected chi connectivity index (χ2v) is 11.1. The number of amides is 2. The highest BCUT2D eigenvalue weighted by Gasteiger charge is 2.32. The molecule has 1 atom stereocenters. The first-order chi connectivity index (χ1) is 18.0. The number of hydrogen-bond donors (Lipinski definition) is 1. The van der Waals surface area contributed by atoms with Crippen LogP contribution in [0.3, 0.4) is 0 Å². The number of carbonyl (C=O) groups excluding carboxylic acids is 2. The van der Waals surface area contributed by atoms with Crippen LogP contribution in [0.5, 0.6) is 0 Å². The molecule has 0 radical (unpaired) electrons. The number of nitrogens with zero attached hydrogens (tertiary/aromatic N) is 2. The monoisotopic (exact) mass is 543 g/mol. The zero-order chi connectivity index (χ0) is 27.9. The smallest absolute Gasteiger partial charge is 0.264 e. The average molecular weight is 544 g/mol. The summed E-state index contributed by atoms with van der Waals surface area (Å²) in [6.45, 7) is 5.16. The normalized spacial score (nSPS) is 12.2. The molecule has 3 rings (SSSR count). The van der Waals surface area contributed by atoms with Crippen molar-refractivity contribution in [2.45, 2.75) is 38.3 Å². The van der Waals surface area contributed by atoms with Gasteiger partial charge in [-0.15, -0.1) is 0 Å². The zero-order valence-electron chi connectivity index (χ0n) is 21.5. The van der Waals surface area contributed by atoms with Crippen LogP contribution in [0.1, 0.15) is 26.3 Å². The Balaban J connectivity index is 1.97. The van der Waals surface area contributed by atoms with Gasteiger partial charge in [-0.25, -0.2) is 17.2 Å². The van der Waals surface area contributed by atoms with Gasteiger partial charge in [-0.3, -0.25) is 13.9 Å². The van der Waals surface area contributed by atoms with E-state index < -0.39 is 46.1 Å². The van der Waals surface area contributed by atoms with Crippen LogP contribution in [-0.4, -0.2) is 44.3 Å². The standard InChI is InChI=1S/C28H31F2N3O4S/c1-20(2)17-31-28(35)21(3)32(18-22-9-11-23(29)12-10-22)27(34)19-33(25-7-5-4-6-8-25)38(36,37)26-15-13-24(30)14-16-26/h4-16,20-21H,17-19H2,1-3H3,(H,31,35)/t21-/m0/s1. The quantitative estimate of drug-likeness (QED) is 0.390. The van der Waals surface area contributed by atoms with Gasteiger partial charge in [0.25, 0.3) is 10.0 Å². The van der Waals surface area contributed by atoms with Crippen molar-refractivity contribution in [3.63, 3.8) is 0 Å². The summed E-state index contributed by atoms with van der Waals surface area (Å²) >= 11 is 0. The molecule has 3 aromatic carbocycles. The van der Waals surface area contributed by atoms with E-state index in [1.54, 1.807) is 25.1 Å². The van der Waals surface area contributed by atoms with Gasteiger partial charge in [-0.05, 0) is 66.9 Å². The lowest BCUT2D eigenvalue weighted by molar-refractivity contribution is -0.139. The van der Waals surface area contributed by atoms with E-state index in [0.29, 0.717) is 12.1 Å². The van der Waals surface area contributed by atoms with Crippen LogP contribution in [0.25, 0.3) is 0 Å². The van der Waals surface area contributed by atoms with Crippen molar-refractivity contribution >= 4 is 27.5 Å². The molecule has 0 fully saturated rings. The van der Waals surface area contributed by atoms with Crippen LogP contribution in [-0.2, 0) is 26.2 Å². The SMILES string of the molecule is CC(C)CNC(=O)[C@H](C)N(Cc1ccc(F)cc1)C(=O)CN(c1ccccc1)S(=O)(=O)c1ccc(F)cc1. The van der Waals surface area contributed by atoms with E-state index in [0.717, 1.165) is 28.6 Å². The molecule has 0 aliphatic rings.